The van der Waals surface area contributed by atoms with E-state index in [2.05, 4.69) is 39.5 Å². The van der Waals surface area contributed by atoms with E-state index in [-0.39, 0.29) is 17.5 Å². The van der Waals surface area contributed by atoms with E-state index >= 15 is 0 Å². The Kier molecular flexibility index (Phi) is 9.53. The van der Waals surface area contributed by atoms with Gasteiger partial charge in [-0.3, -0.25) is 4.79 Å². The normalized spacial score (nSPS) is 16.7. The van der Waals surface area contributed by atoms with Gasteiger partial charge in [-0.25, -0.2) is 0 Å². The zero-order valence-electron chi connectivity index (χ0n) is 22.3. The molecule has 186 valence electrons. The van der Waals surface area contributed by atoms with Gasteiger partial charge >= 0.3 is 0 Å². The first-order chi connectivity index (χ1) is 16.4. The van der Waals surface area contributed by atoms with Crippen LogP contribution in [0.3, 0.4) is 0 Å². The Labute approximate surface area is 210 Å². The van der Waals surface area contributed by atoms with Crippen molar-refractivity contribution < 1.29 is 9.90 Å². The number of phenols is 1. The minimum Gasteiger partial charge on any atom is -0.508 e. The fourth-order valence-corrected chi connectivity index (χ4v) is 4.66. The number of aromatic hydroxyl groups is 1. The van der Waals surface area contributed by atoms with E-state index in [1.54, 1.807) is 13.0 Å². The monoisotopic (exact) mass is 472 g/mol. The molecule has 4 nitrogen and oxygen atoms in total. The molecule has 1 aromatic carbocycles. The molecule has 1 aliphatic rings. The number of phenolic OH excluding ortho intramolecular Hbond substituents is 1. The first-order valence-electron chi connectivity index (χ1n) is 12.3. The van der Waals surface area contributed by atoms with Gasteiger partial charge < -0.3 is 15.9 Å². The molecule has 2 atom stereocenters. The maximum absolute atomic E-state index is 13.1. The molecule has 2 rings (SSSR count). The van der Waals surface area contributed by atoms with Crippen molar-refractivity contribution in [1.82, 2.24) is 0 Å². The van der Waals surface area contributed by atoms with Crippen LogP contribution in [-0.2, 0) is 4.79 Å². The summed E-state index contributed by atoms with van der Waals surface area (Å²) in [7, 11) is 0. The topological polar surface area (TPSA) is 85.0 Å². The van der Waals surface area contributed by atoms with Crippen LogP contribution in [0.15, 0.2) is 75.9 Å². The predicted molar refractivity (Wildman–Crippen MR) is 148 cm³/mol. The largest absolute Gasteiger partial charge is 0.508 e. The molecule has 0 aromatic heterocycles. The maximum atomic E-state index is 13.1. The Hall–Kier alpha value is -3.27. The summed E-state index contributed by atoms with van der Waals surface area (Å²) in [5.41, 5.74) is 7.67. The minimum atomic E-state index is -0.536. The number of benzene rings is 1. The van der Waals surface area contributed by atoms with Crippen LogP contribution in [0.1, 0.15) is 84.3 Å². The van der Waals surface area contributed by atoms with E-state index < -0.39 is 5.92 Å². The second-order valence-corrected chi connectivity index (χ2v) is 10.0. The van der Waals surface area contributed by atoms with Crippen LogP contribution in [0.25, 0.3) is 0 Å². The van der Waals surface area contributed by atoms with Crippen LogP contribution in [-0.4, -0.2) is 23.3 Å². The third-order valence-corrected chi connectivity index (χ3v) is 6.83. The SMILES string of the molecule is C=C1C=C(C)C(C)=C(C(/C(C(C)=O)=C(/C)C=N)c2ccc(C(C)C=N)cc2O)C(CCC(C)C)=C1. The van der Waals surface area contributed by atoms with Crippen LogP contribution in [0.4, 0.5) is 0 Å². The van der Waals surface area contributed by atoms with E-state index in [0.717, 1.165) is 46.3 Å². The Morgan fingerprint density at radius 1 is 1.11 bits per heavy atom. The van der Waals surface area contributed by atoms with E-state index in [4.69, 9.17) is 10.8 Å². The highest BCUT2D eigenvalue weighted by Crippen LogP contribution is 2.46. The predicted octanol–water partition coefficient (Wildman–Crippen LogP) is 7.98. The van der Waals surface area contributed by atoms with Crippen molar-refractivity contribution in [2.75, 3.05) is 0 Å². The molecular formula is C31H40N2O2. The van der Waals surface area contributed by atoms with Crippen LogP contribution < -0.4 is 0 Å². The average molecular weight is 473 g/mol. The van der Waals surface area contributed by atoms with Crippen LogP contribution in [0.2, 0.25) is 0 Å². The highest BCUT2D eigenvalue weighted by atomic mass is 16.3. The Bertz CT molecular complexity index is 1160. The maximum Gasteiger partial charge on any atom is 0.157 e. The molecule has 0 spiro atoms. The number of carbonyl (C=O) groups is 1. The molecule has 1 aromatic rings. The van der Waals surface area contributed by atoms with Gasteiger partial charge in [0.15, 0.2) is 5.78 Å². The molecule has 0 fully saturated rings. The fourth-order valence-electron chi connectivity index (χ4n) is 4.66. The lowest BCUT2D eigenvalue weighted by Crippen LogP contribution is -2.18. The van der Waals surface area contributed by atoms with Crippen molar-refractivity contribution >= 4 is 18.2 Å². The van der Waals surface area contributed by atoms with Gasteiger partial charge in [0.25, 0.3) is 0 Å². The van der Waals surface area contributed by atoms with Gasteiger partial charge in [0.1, 0.15) is 5.75 Å². The molecule has 2 unspecified atom stereocenters. The van der Waals surface area contributed by atoms with Gasteiger partial charge in [0, 0.05) is 35.4 Å². The number of ketones is 1. The summed E-state index contributed by atoms with van der Waals surface area (Å²) in [5, 5.41) is 26.8. The molecule has 35 heavy (non-hydrogen) atoms. The summed E-state index contributed by atoms with van der Waals surface area (Å²) < 4.78 is 0. The third-order valence-electron chi connectivity index (χ3n) is 6.83. The summed E-state index contributed by atoms with van der Waals surface area (Å²) in [4.78, 5) is 13.1. The van der Waals surface area contributed by atoms with Crippen molar-refractivity contribution in [3.63, 3.8) is 0 Å². The van der Waals surface area contributed by atoms with Crippen LogP contribution in [0, 0.1) is 16.7 Å². The molecule has 1 aliphatic carbocycles. The zero-order chi connectivity index (χ0) is 26.4. The fraction of sp³-hybridized carbons (Fsp3) is 0.387. The van der Waals surface area contributed by atoms with Gasteiger partial charge in [0.05, 0.1) is 0 Å². The van der Waals surface area contributed by atoms with Crippen molar-refractivity contribution in [3.8, 4) is 5.75 Å². The van der Waals surface area contributed by atoms with E-state index in [1.807, 2.05) is 26.0 Å². The van der Waals surface area contributed by atoms with Crippen molar-refractivity contribution in [2.24, 2.45) is 5.92 Å². The van der Waals surface area contributed by atoms with Crippen molar-refractivity contribution in [3.05, 3.63) is 87.1 Å². The lowest BCUT2D eigenvalue weighted by atomic mass is 9.74. The molecule has 3 N–H and O–H groups in total. The highest BCUT2D eigenvalue weighted by Gasteiger charge is 2.32. The standard InChI is InChI=1S/C31H40N2O2/c1-18(2)9-10-26-14-19(3)13-20(4)23(7)30(26)31(29(24(8)34)22(6)17-33)27-12-11-25(15-28(27)35)21(5)16-32/h11-18,21,31-33,35H,3,9-10H2,1-2,4-8H3/b29-22-,32-16?,33-17?. The van der Waals surface area contributed by atoms with Gasteiger partial charge in [0.2, 0.25) is 0 Å². The van der Waals surface area contributed by atoms with E-state index in [1.165, 1.54) is 19.4 Å². The number of Topliss-reactive ketones (excluding diaryl/α,β-unsaturated/α-hetero) is 1. The van der Waals surface area contributed by atoms with Crippen molar-refractivity contribution in [1.29, 1.82) is 10.8 Å². The molecule has 0 saturated carbocycles. The average Bonchev–Trinajstić information content (AvgIpc) is 2.90. The Morgan fingerprint density at radius 2 is 1.77 bits per heavy atom. The minimum absolute atomic E-state index is 0.0888. The molecular weight excluding hydrogens is 432 g/mol. The van der Waals surface area contributed by atoms with Crippen LogP contribution >= 0.6 is 0 Å². The second kappa shape index (κ2) is 11.9. The smallest absolute Gasteiger partial charge is 0.157 e. The highest BCUT2D eigenvalue weighted by molar-refractivity contribution is 6.01. The molecule has 0 amide bonds. The second-order valence-electron chi connectivity index (χ2n) is 10.0. The molecule has 0 saturated heterocycles. The molecule has 0 bridgehead atoms. The molecule has 0 aliphatic heterocycles. The summed E-state index contributed by atoms with van der Waals surface area (Å²) in [5.74, 6) is -0.200. The van der Waals surface area contributed by atoms with Gasteiger partial charge in [-0.2, -0.15) is 0 Å². The van der Waals surface area contributed by atoms with Gasteiger partial charge in [-0.05, 0) is 91.5 Å². The Balaban J connectivity index is 2.96. The number of allylic oxidation sites excluding steroid dienone is 9. The Morgan fingerprint density at radius 3 is 2.29 bits per heavy atom. The molecule has 4 heteroatoms. The summed E-state index contributed by atoms with van der Waals surface area (Å²) >= 11 is 0. The quantitative estimate of drug-likeness (QED) is 0.238. The van der Waals surface area contributed by atoms with E-state index in [0.29, 0.717) is 22.6 Å². The summed E-state index contributed by atoms with van der Waals surface area (Å²) in [6, 6.07) is 5.48. The number of hydrogen-bond acceptors (Lipinski definition) is 4. The molecule has 0 heterocycles. The number of carbonyl (C=O) groups excluding carboxylic acids is 1. The van der Waals surface area contributed by atoms with Crippen LogP contribution in [0.5, 0.6) is 5.75 Å². The zero-order valence-corrected chi connectivity index (χ0v) is 22.3. The van der Waals surface area contributed by atoms with E-state index in [9.17, 15) is 9.90 Å². The first kappa shape index (κ1) is 28.0. The lowest BCUT2D eigenvalue weighted by Gasteiger charge is -2.29. The number of nitrogens with one attached hydrogen (secondary N) is 2. The number of hydrogen-bond donors (Lipinski definition) is 3. The van der Waals surface area contributed by atoms with Crippen molar-refractivity contribution in [2.45, 2.75) is 73.1 Å². The first-order valence-corrected chi connectivity index (χ1v) is 12.3. The van der Waals surface area contributed by atoms with Gasteiger partial charge in [-0.1, -0.05) is 51.6 Å². The lowest BCUT2D eigenvalue weighted by molar-refractivity contribution is -0.113. The summed E-state index contributed by atoms with van der Waals surface area (Å²) in [6.07, 6.45) is 8.52. The third kappa shape index (κ3) is 6.45. The molecule has 0 radical (unpaired) electrons. The van der Waals surface area contributed by atoms with Gasteiger partial charge in [-0.15, -0.1) is 0 Å². The summed E-state index contributed by atoms with van der Waals surface area (Å²) in [6.45, 7) is 17.9. The number of rotatable bonds is 10.